The van der Waals surface area contributed by atoms with Crippen molar-refractivity contribution in [3.8, 4) is 5.75 Å². The van der Waals surface area contributed by atoms with Crippen LogP contribution in [0.2, 0.25) is 5.02 Å². The van der Waals surface area contributed by atoms with Gasteiger partial charge in [0.05, 0.1) is 29.5 Å². The number of morpholine rings is 1. The van der Waals surface area contributed by atoms with Crippen molar-refractivity contribution in [3.63, 3.8) is 0 Å². The van der Waals surface area contributed by atoms with Gasteiger partial charge in [0.25, 0.3) is 11.5 Å². The van der Waals surface area contributed by atoms with Gasteiger partial charge in [0.1, 0.15) is 11.9 Å². The summed E-state index contributed by atoms with van der Waals surface area (Å²) in [6, 6.07) is 6.40. The van der Waals surface area contributed by atoms with Crippen LogP contribution in [0.4, 0.5) is 5.69 Å². The van der Waals surface area contributed by atoms with Crippen molar-refractivity contribution in [2.75, 3.05) is 51.0 Å². The van der Waals surface area contributed by atoms with Crippen LogP contribution in [0.5, 0.6) is 5.75 Å². The molecule has 2 aliphatic heterocycles. The lowest BCUT2D eigenvalue weighted by Crippen LogP contribution is -2.52. The molecule has 5 rings (SSSR count). The summed E-state index contributed by atoms with van der Waals surface area (Å²) >= 11 is 6.97. The number of pyridine rings is 1. The zero-order chi connectivity index (χ0) is 28.2. The number of nitrogens with one attached hydrogen (secondary N) is 2. The van der Waals surface area contributed by atoms with E-state index in [0.29, 0.717) is 41.2 Å². The summed E-state index contributed by atoms with van der Waals surface area (Å²) < 4.78 is 17.5. The first-order chi connectivity index (χ1) is 19.3. The minimum Gasteiger partial charge on any atom is -0.490 e. The summed E-state index contributed by atoms with van der Waals surface area (Å²) in [5.41, 5.74) is 3.11. The first-order valence-electron chi connectivity index (χ1n) is 14.5. The van der Waals surface area contributed by atoms with Crippen molar-refractivity contribution in [3.05, 3.63) is 56.0 Å². The Morgan fingerprint density at radius 2 is 1.82 bits per heavy atom. The van der Waals surface area contributed by atoms with Crippen LogP contribution in [0.15, 0.2) is 23.0 Å². The molecule has 0 unspecified atom stereocenters. The molecule has 1 amide bonds. The van der Waals surface area contributed by atoms with Gasteiger partial charge in [0, 0.05) is 81.6 Å². The van der Waals surface area contributed by atoms with E-state index >= 15 is 0 Å². The van der Waals surface area contributed by atoms with E-state index < -0.39 is 0 Å². The van der Waals surface area contributed by atoms with E-state index in [9.17, 15) is 9.59 Å². The van der Waals surface area contributed by atoms with Gasteiger partial charge in [0.2, 0.25) is 0 Å². The molecule has 0 atom stereocenters. The molecule has 9 nitrogen and oxygen atoms in total. The number of benzene rings is 1. The number of hydrogen-bond donors (Lipinski definition) is 2. The lowest BCUT2D eigenvalue weighted by atomic mass is 9.87. The SMILES string of the molecule is CCN(c1cc(OC2CC(N3CCOCC3)C2)cc(C(=O)NCc2c(C)cc(C)[nH]c2=O)c1Cl)C1CCOCC1. The zero-order valence-corrected chi connectivity index (χ0v) is 24.5. The van der Waals surface area contributed by atoms with Crippen molar-refractivity contribution in [2.45, 2.75) is 71.2 Å². The average molecular weight is 573 g/mol. The third kappa shape index (κ3) is 6.48. The van der Waals surface area contributed by atoms with Gasteiger partial charge in [-0.3, -0.25) is 14.5 Å². The molecular weight excluding hydrogens is 532 g/mol. The number of H-pyrrole nitrogens is 1. The monoisotopic (exact) mass is 572 g/mol. The number of hydrogen-bond acceptors (Lipinski definition) is 7. The van der Waals surface area contributed by atoms with Crippen molar-refractivity contribution in [1.82, 2.24) is 15.2 Å². The van der Waals surface area contributed by atoms with Crippen LogP contribution < -0.4 is 20.5 Å². The van der Waals surface area contributed by atoms with Gasteiger partial charge in [-0.1, -0.05) is 11.6 Å². The van der Waals surface area contributed by atoms with Crippen molar-refractivity contribution < 1.29 is 19.0 Å². The van der Waals surface area contributed by atoms with Gasteiger partial charge in [-0.2, -0.15) is 0 Å². The first kappa shape index (κ1) is 28.9. The lowest BCUT2D eigenvalue weighted by Gasteiger charge is -2.44. The second-order valence-corrected chi connectivity index (χ2v) is 11.5. The highest BCUT2D eigenvalue weighted by atomic mass is 35.5. The second-order valence-electron chi connectivity index (χ2n) is 11.1. The summed E-state index contributed by atoms with van der Waals surface area (Å²) in [6.07, 6.45) is 3.79. The fourth-order valence-electron chi connectivity index (χ4n) is 6.08. The molecule has 2 saturated heterocycles. The van der Waals surface area contributed by atoms with E-state index in [4.69, 9.17) is 25.8 Å². The van der Waals surface area contributed by atoms with Gasteiger partial charge in [0.15, 0.2) is 0 Å². The Balaban J connectivity index is 1.37. The van der Waals surface area contributed by atoms with Gasteiger partial charge >= 0.3 is 0 Å². The standard InChI is InChI=1S/C30H41ClN4O5/c1-4-35(21-5-9-38-10-6-21)27-17-24(40-23-14-22(15-23)34-7-11-39-12-8-34)16-25(28(27)31)29(36)32-18-26-19(2)13-20(3)33-30(26)37/h13,16-17,21-23H,4-12,14-15,18H2,1-3H3,(H,32,36)(H,33,37). The minimum atomic E-state index is -0.334. The van der Waals surface area contributed by atoms with E-state index in [1.807, 2.05) is 26.0 Å². The Hall–Kier alpha value is -2.59. The molecule has 3 fully saturated rings. The molecule has 0 radical (unpaired) electrons. The molecule has 3 aliphatic rings. The Kier molecular flexibility index (Phi) is 9.35. The molecule has 1 aliphatic carbocycles. The largest absolute Gasteiger partial charge is 0.490 e. The molecule has 10 heteroatoms. The third-order valence-corrected chi connectivity index (χ3v) is 8.80. The smallest absolute Gasteiger partial charge is 0.253 e. The quantitative estimate of drug-likeness (QED) is 0.471. The zero-order valence-electron chi connectivity index (χ0n) is 23.8. The van der Waals surface area contributed by atoms with Crippen LogP contribution in [0, 0.1) is 13.8 Å². The Bertz CT molecular complexity index is 1250. The topological polar surface area (TPSA) is 96.1 Å². The van der Waals surface area contributed by atoms with Gasteiger partial charge < -0.3 is 29.4 Å². The van der Waals surface area contributed by atoms with E-state index in [1.165, 1.54) is 0 Å². The number of aromatic amines is 1. The van der Waals surface area contributed by atoms with Gasteiger partial charge in [-0.25, -0.2) is 0 Å². The fraction of sp³-hybridized carbons (Fsp3) is 0.600. The molecule has 3 heterocycles. The summed E-state index contributed by atoms with van der Waals surface area (Å²) in [5, 5.41) is 3.32. The van der Waals surface area contributed by atoms with Gasteiger partial charge in [-0.05, 0) is 51.3 Å². The minimum absolute atomic E-state index is 0.0877. The van der Waals surface area contributed by atoms with Crippen molar-refractivity contribution in [1.29, 1.82) is 0 Å². The van der Waals surface area contributed by atoms with E-state index in [2.05, 4.69) is 27.0 Å². The van der Waals surface area contributed by atoms with E-state index in [1.54, 1.807) is 6.07 Å². The molecule has 218 valence electrons. The van der Waals surface area contributed by atoms with Crippen LogP contribution in [0.25, 0.3) is 0 Å². The number of ether oxygens (including phenoxy) is 3. The highest BCUT2D eigenvalue weighted by Crippen LogP contribution is 2.38. The normalized spacial score (nSPS) is 22.0. The lowest BCUT2D eigenvalue weighted by molar-refractivity contribution is -0.0373. The highest BCUT2D eigenvalue weighted by Gasteiger charge is 2.36. The van der Waals surface area contributed by atoms with Crippen LogP contribution in [0.1, 0.15) is 59.8 Å². The van der Waals surface area contributed by atoms with Gasteiger partial charge in [-0.15, -0.1) is 0 Å². The predicted octanol–water partition coefficient (Wildman–Crippen LogP) is 3.82. The van der Waals surface area contributed by atoms with Crippen molar-refractivity contribution >= 4 is 23.2 Å². The number of nitrogens with zero attached hydrogens (tertiary/aromatic N) is 2. The van der Waals surface area contributed by atoms with E-state index in [0.717, 1.165) is 75.5 Å². The maximum Gasteiger partial charge on any atom is 0.253 e. The molecule has 0 spiro atoms. The number of anilines is 1. The number of aryl methyl sites for hydroxylation is 2. The number of carbonyl (C=O) groups excluding carboxylic acids is 1. The Labute approximate surface area is 241 Å². The van der Waals surface area contributed by atoms with Crippen LogP contribution in [-0.2, 0) is 16.0 Å². The molecule has 1 aromatic carbocycles. The number of aromatic nitrogens is 1. The molecular formula is C30H41ClN4O5. The molecule has 40 heavy (non-hydrogen) atoms. The number of halogens is 1. The summed E-state index contributed by atoms with van der Waals surface area (Å²) in [5.74, 6) is 0.309. The molecule has 2 aromatic rings. The maximum atomic E-state index is 13.5. The summed E-state index contributed by atoms with van der Waals surface area (Å²) in [7, 11) is 0. The number of amides is 1. The fourth-order valence-corrected chi connectivity index (χ4v) is 6.38. The molecule has 2 N–H and O–H groups in total. The Morgan fingerprint density at radius 3 is 2.50 bits per heavy atom. The van der Waals surface area contributed by atoms with E-state index in [-0.39, 0.29) is 30.2 Å². The first-order valence-corrected chi connectivity index (χ1v) is 14.9. The Morgan fingerprint density at radius 1 is 1.12 bits per heavy atom. The number of rotatable bonds is 9. The number of carbonyl (C=O) groups is 1. The molecule has 1 saturated carbocycles. The second kappa shape index (κ2) is 12.9. The average Bonchev–Trinajstić information content (AvgIpc) is 2.92. The predicted molar refractivity (Wildman–Crippen MR) is 156 cm³/mol. The van der Waals surface area contributed by atoms with Crippen LogP contribution >= 0.6 is 11.6 Å². The third-order valence-electron chi connectivity index (χ3n) is 8.41. The van der Waals surface area contributed by atoms with Crippen LogP contribution in [0.3, 0.4) is 0 Å². The van der Waals surface area contributed by atoms with Crippen LogP contribution in [-0.4, -0.2) is 80.0 Å². The molecule has 1 aromatic heterocycles. The molecule has 0 bridgehead atoms. The summed E-state index contributed by atoms with van der Waals surface area (Å²) in [6.45, 7) is 11.6. The highest BCUT2D eigenvalue weighted by molar-refractivity contribution is 6.36. The van der Waals surface area contributed by atoms with Crippen molar-refractivity contribution in [2.24, 2.45) is 0 Å². The maximum absolute atomic E-state index is 13.5. The summed E-state index contributed by atoms with van der Waals surface area (Å²) in [4.78, 5) is 33.6.